The Labute approximate surface area is 177 Å². The summed E-state index contributed by atoms with van der Waals surface area (Å²) in [5.74, 6) is -0.610. The van der Waals surface area contributed by atoms with E-state index in [-0.39, 0.29) is 34.6 Å². The third-order valence-corrected chi connectivity index (χ3v) is 5.33. The molecule has 0 saturated carbocycles. The SMILES string of the molecule is O=C(NCCc1ccccc1)c1noc2c1CN(C(=O)c1ccc(F)c(Cl)c1)CC2. The van der Waals surface area contributed by atoms with Crippen molar-refractivity contribution in [1.82, 2.24) is 15.4 Å². The van der Waals surface area contributed by atoms with Gasteiger partial charge in [-0.3, -0.25) is 9.59 Å². The second-order valence-electron chi connectivity index (χ2n) is 7.03. The molecule has 154 valence electrons. The second kappa shape index (κ2) is 8.67. The van der Waals surface area contributed by atoms with Crippen LogP contribution in [0.4, 0.5) is 4.39 Å². The summed E-state index contributed by atoms with van der Waals surface area (Å²) in [5.41, 5.74) is 2.19. The first kappa shape index (κ1) is 20.1. The first-order valence-corrected chi connectivity index (χ1v) is 9.94. The number of amides is 2. The Bertz CT molecular complexity index is 1080. The predicted octanol–water partition coefficient (Wildman–Crippen LogP) is 3.64. The molecule has 0 bridgehead atoms. The Morgan fingerprint density at radius 1 is 1.20 bits per heavy atom. The van der Waals surface area contributed by atoms with Gasteiger partial charge in [0, 0.05) is 30.6 Å². The van der Waals surface area contributed by atoms with Gasteiger partial charge in [0.1, 0.15) is 11.6 Å². The molecular formula is C22H19ClFN3O3. The minimum Gasteiger partial charge on any atom is -0.360 e. The van der Waals surface area contributed by atoms with Gasteiger partial charge in [-0.15, -0.1) is 0 Å². The van der Waals surface area contributed by atoms with Crippen molar-refractivity contribution in [1.29, 1.82) is 0 Å². The van der Waals surface area contributed by atoms with Crippen molar-refractivity contribution in [3.05, 3.63) is 87.5 Å². The molecule has 0 fully saturated rings. The van der Waals surface area contributed by atoms with E-state index in [1.165, 1.54) is 12.1 Å². The second-order valence-corrected chi connectivity index (χ2v) is 7.44. The topological polar surface area (TPSA) is 75.4 Å². The normalized spacial score (nSPS) is 13.1. The monoisotopic (exact) mass is 427 g/mol. The lowest BCUT2D eigenvalue weighted by Crippen LogP contribution is -2.37. The molecule has 0 aliphatic carbocycles. The van der Waals surface area contributed by atoms with Crippen LogP contribution in [-0.2, 0) is 19.4 Å². The fourth-order valence-corrected chi connectivity index (χ4v) is 3.60. The Hall–Kier alpha value is -3.19. The van der Waals surface area contributed by atoms with Gasteiger partial charge in [0.25, 0.3) is 11.8 Å². The molecule has 6 nitrogen and oxygen atoms in total. The minimum atomic E-state index is -0.581. The summed E-state index contributed by atoms with van der Waals surface area (Å²) >= 11 is 5.80. The van der Waals surface area contributed by atoms with Gasteiger partial charge in [0.05, 0.1) is 11.6 Å². The van der Waals surface area contributed by atoms with Crippen LogP contribution in [0, 0.1) is 5.82 Å². The smallest absolute Gasteiger partial charge is 0.273 e. The first-order chi connectivity index (χ1) is 14.5. The van der Waals surface area contributed by atoms with Crippen molar-refractivity contribution in [2.75, 3.05) is 13.1 Å². The number of aromatic nitrogens is 1. The Morgan fingerprint density at radius 3 is 2.77 bits per heavy atom. The Kier molecular flexibility index (Phi) is 5.81. The first-order valence-electron chi connectivity index (χ1n) is 9.57. The third kappa shape index (κ3) is 4.21. The van der Waals surface area contributed by atoms with Gasteiger partial charge in [-0.05, 0) is 30.2 Å². The van der Waals surface area contributed by atoms with E-state index in [0.717, 1.165) is 11.6 Å². The molecule has 0 saturated heterocycles. The number of carbonyl (C=O) groups excluding carboxylic acids is 2. The lowest BCUT2D eigenvalue weighted by atomic mass is 10.0. The molecule has 4 rings (SSSR count). The van der Waals surface area contributed by atoms with Crippen LogP contribution < -0.4 is 5.32 Å². The molecule has 2 aromatic carbocycles. The van der Waals surface area contributed by atoms with E-state index < -0.39 is 5.82 Å². The lowest BCUT2D eigenvalue weighted by Gasteiger charge is -2.26. The fraction of sp³-hybridized carbons (Fsp3) is 0.227. The van der Waals surface area contributed by atoms with E-state index in [4.69, 9.17) is 16.1 Å². The van der Waals surface area contributed by atoms with Gasteiger partial charge >= 0.3 is 0 Å². The van der Waals surface area contributed by atoms with E-state index in [9.17, 15) is 14.0 Å². The highest BCUT2D eigenvalue weighted by atomic mass is 35.5. The molecular weight excluding hydrogens is 409 g/mol. The van der Waals surface area contributed by atoms with Gasteiger partial charge in [-0.1, -0.05) is 47.1 Å². The molecule has 3 aromatic rings. The average Bonchev–Trinajstić information content (AvgIpc) is 3.19. The summed E-state index contributed by atoms with van der Waals surface area (Å²) < 4.78 is 18.7. The van der Waals surface area contributed by atoms with Crippen LogP contribution in [0.25, 0.3) is 0 Å². The fourth-order valence-electron chi connectivity index (χ4n) is 3.42. The number of hydrogen-bond acceptors (Lipinski definition) is 4. The molecule has 0 radical (unpaired) electrons. The zero-order valence-corrected chi connectivity index (χ0v) is 16.8. The van der Waals surface area contributed by atoms with Crippen molar-refractivity contribution in [3.63, 3.8) is 0 Å². The Balaban J connectivity index is 1.43. The highest BCUT2D eigenvalue weighted by Crippen LogP contribution is 2.25. The molecule has 1 aliphatic rings. The van der Waals surface area contributed by atoms with Crippen molar-refractivity contribution in [2.45, 2.75) is 19.4 Å². The number of nitrogens with zero attached hydrogens (tertiary/aromatic N) is 2. The highest BCUT2D eigenvalue weighted by molar-refractivity contribution is 6.31. The molecule has 0 unspecified atom stereocenters. The number of halogens is 2. The number of nitrogens with one attached hydrogen (secondary N) is 1. The molecule has 1 aliphatic heterocycles. The van der Waals surface area contributed by atoms with Gasteiger partial charge in [0.15, 0.2) is 5.69 Å². The van der Waals surface area contributed by atoms with Gasteiger partial charge in [-0.2, -0.15) is 0 Å². The standard InChI is InChI=1S/C22H19ClFN3O3/c23-17-12-15(6-7-18(17)24)22(29)27-11-9-19-16(13-27)20(26-30-19)21(28)25-10-8-14-4-2-1-3-5-14/h1-7,12H,8-11,13H2,(H,25,28). The summed E-state index contributed by atoms with van der Waals surface area (Å²) in [4.78, 5) is 27.0. The molecule has 2 heterocycles. The van der Waals surface area contributed by atoms with Crippen LogP contribution in [0.15, 0.2) is 53.1 Å². The summed E-state index contributed by atoms with van der Waals surface area (Å²) in [7, 11) is 0. The van der Waals surface area contributed by atoms with Crippen LogP contribution in [0.1, 0.15) is 37.7 Å². The zero-order chi connectivity index (χ0) is 21.1. The molecule has 8 heteroatoms. The van der Waals surface area contributed by atoms with Gasteiger partial charge in [0.2, 0.25) is 0 Å². The summed E-state index contributed by atoms with van der Waals surface area (Å²) in [6, 6.07) is 13.7. The largest absolute Gasteiger partial charge is 0.360 e. The van der Waals surface area contributed by atoms with E-state index in [0.29, 0.717) is 37.3 Å². The minimum absolute atomic E-state index is 0.109. The van der Waals surface area contributed by atoms with Crippen molar-refractivity contribution in [2.24, 2.45) is 0 Å². The maximum absolute atomic E-state index is 13.4. The third-order valence-electron chi connectivity index (χ3n) is 5.04. The number of rotatable bonds is 5. The van der Waals surface area contributed by atoms with Gasteiger partial charge < -0.3 is 14.7 Å². The van der Waals surface area contributed by atoms with E-state index >= 15 is 0 Å². The van der Waals surface area contributed by atoms with Crippen molar-refractivity contribution in [3.8, 4) is 0 Å². The summed E-state index contributed by atoms with van der Waals surface area (Å²) in [5, 5.41) is 6.66. The predicted molar refractivity (Wildman–Crippen MR) is 109 cm³/mol. The zero-order valence-electron chi connectivity index (χ0n) is 16.0. The van der Waals surface area contributed by atoms with Crippen LogP contribution in [-0.4, -0.2) is 35.0 Å². The molecule has 2 amide bonds. The van der Waals surface area contributed by atoms with Crippen LogP contribution in [0.3, 0.4) is 0 Å². The van der Waals surface area contributed by atoms with Gasteiger partial charge in [-0.25, -0.2) is 4.39 Å². The molecule has 30 heavy (non-hydrogen) atoms. The van der Waals surface area contributed by atoms with Crippen LogP contribution in [0.5, 0.6) is 0 Å². The van der Waals surface area contributed by atoms with Crippen LogP contribution in [0.2, 0.25) is 5.02 Å². The number of carbonyl (C=O) groups is 2. The lowest BCUT2D eigenvalue weighted by molar-refractivity contribution is 0.0726. The van der Waals surface area contributed by atoms with Crippen molar-refractivity contribution < 1.29 is 18.5 Å². The molecule has 1 N–H and O–H groups in total. The van der Waals surface area contributed by atoms with E-state index in [2.05, 4.69) is 10.5 Å². The summed E-state index contributed by atoms with van der Waals surface area (Å²) in [6.07, 6.45) is 1.14. The van der Waals surface area contributed by atoms with Crippen LogP contribution >= 0.6 is 11.6 Å². The maximum atomic E-state index is 13.4. The summed E-state index contributed by atoms with van der Waals surface area (Å²) in [6.45, 7) is 1.06. The maximum Gasteiger partial charge on any atom is 0.273 e. The Morgan fingerprint density at radius 2 is 2.00 bits per heavy atom. The number of fused-ring (bicyclic) bond motifs is 1. The highest BCUT2D eigenvalue weighted by Gasteiger charge is 2.30. The average molecular weight is 428 g/mol. The molecule has 1 aromatic heterocycles. The van der Waals surface area contributed by atoms with E-state index in [1.807, 2.05) is 30.3 Å². The quantitative estimate of drug-likeness (QED) is 0.674. The van der Waals surface area contributed by atoms with E-state index in [1.54, 1.807) is 4.90 Å². The molecule has 0 spiro atoms. The number of hydrogen-bond donors (Lipinski definition) is 1. The van der Waals surface area contributed by atoms with Crippen molar-refractivity contribution >= 4 is 23.4 Å². The number of benzene rings is 2. The molecule has 0 atom stereocenters.